The molecule has 1 aliphatic heterocycles. The van der Waals surface area contributed by atoms with Gasteiger partial charge >= 0.3 is 0 Å². The molecule has 9 heteroatoms. The number of nitrogens with one attached hydrogen (secondary N) is 2. The van der Waals surface area contributed by atoms with Crippen LogP contribution >= 0.6 is 11.6 Å². The Balaban J connectivity index is 1.75. The van der Waals surface area contributed by atoms with Crippen LogP contribution in [0.15, 0.2) is 24.5 Å². The van der Waals surface area contributed by atoms with Crippen LogP contribution in [0.2, 0.25) is 5.15 Å². The van der Waals surface area contributed by atoms with Gasteiger partial charge in [0.1, 0.15) is 17.2 Å². The average Bonchev–Trinajstić information content (AvgIpc) is 3.02. The van der Waals surface area contributed by atoms with E-state index in [1.165, 1.54) is 28.9 Å². The van der Waals surface area contributed by atoms with Crippen LogP contribution < -0.4 is 10.6 Å². The van der Waals surface area contributed by atoms with Crippen LogP contribution in [-0.2, 0) is 0 Å². The number of hydrogen-bond donors (Lipinski definition) is 2. The summed E-state index contributed by atoms with van der Waals surface area (Å²) >= 11 is 5.95. The fraction of sp³-hybridized carbons (Fsp3) is 0.312. The van der Waals surface area contributed by atoms with Crippen LogP contribution in [0.5, 0.6) is 0 Å². The molecule has 3 aromatic heterocycles. The van der Waals surface area contributed by atoms with Crippen LogP contribution in [0, 0.1) is 11.6 Å². The van der Waals surface area contributed by atoms with Gasteiger partial charge in [-0.2, -0.15) is 4.39 Å². The monoisotopic (exact) mass is 364 g/mol. The molecule has 2 N–H and O–H groups in total. The Morgan fingerprint density at radius 2 is 2.16 bits per heavy atom. The van der Waals surface area contributed by atoms with Crippen molar-refractivity contribution in [3.63, 3.8) is 0 Å². The quantitative estimate of drug-likeness (QED) is 0.699. The van der Waals surface area contributed by atoms with Crippen LogP contribution in [0.1, 0.15) is 12.8 Å². The molecule has 0 amide bonds. The number of hydrogen-bond acceptors (Lipinski definition) is 5. The first-order chi connectivity index (χ1) is 12.1. The number of aromatic nitrogens is 4. The van der Waals surface area contributed by atoms with E-state index in [9.17, 15) is 8.78 Å². The first kappa shape index (κ1) is 16.2. The van der Waals surface area contributed by atoms with E-state index in [0.29, 0.717) is 11.3 Å². The minimum Gasteiger partial charge on any atom is -0.363 e. The van der Waals surface area contributed by atoms with Gasteiger partial charge in [0.2, 0.25) is 5.82 Å². The van der Waals surface area contributed by atoms with E-state index in [2.05, 4.69) is 25.6 Å². The van der Waals surface area contributed by atoms with Crippen molar-refractivity contribution >= 4 is 23.1 Å². The molecule has 0 aromatic carbocycles. The third kappa shape index (κ3) is 3.14. The Kier molecular flexibility index (Phi) is 4.22. The lowest BCUT2D eigenvalue weighted by Gasteiger charge is -2.24. The van der Waals surface area contributed by atoms with E-state index in [1.807, 2.05) is 0 Å². The number of piperidine rings is 1. The van der Waals surface area contributed by atoms with Crippen molar-refractivity contribution in [2.75, 3.05) is 18.4 Å². The summed E-state index contributed by atoms with van der Waals surface area (Å²) in [6, 6.07) is 2.91. The highest BCUT2D eigenvalue weighted by Crippen LogP contribution is 2.26. The van der Waals surface area contributed by atoms with Crippen molar-refractivity contribution in [1.82, 2.24) is 24.7 Å². The van der Waals surface area contributed by atoms with Crippen molar-refractivity contribution in [1.29, 1.82) is 0 Å². The number of nitrogens with zero attached hydrogens (tertiary/aromatic N) is 4. The summed E-state index contributed by atoms with van der Waals surface area (Å²) < 4.78 is 29.4. The van der Waals surface area contributed by atoms with Gasteiger partial charge in [0.05, 0.1) is 6.20 Å². The van der Waals surface area contributed by atoms with Gasteiger partial charge in [-0.3, -0.25) is 4.40 Å². The summed E-state index contributed by atoms with van der Waals surface area (Å²) in [7, 11) is 0. The molecule has 0 spiro atoms. The second-order valence-electron chi connectivity index (χ2n) is 5.91. The summed E-state index contributed by atoms with van der Waals surface area (Å²) in [6.45, 7) is 1.67. The summed E-state index contributed by atoms with van der Waals surface area (Å²) in [5, 5.41) is 6.03. The van der Waals surface area contributed by atoms with E-state index in [0.717, 1.165) is 25.9 Å². The third-order valence-corrected chi connectivity index (χ3v) is 4.40. The molecule has 0 bridgehead atoms. The molecule has 1 fully saturated rings. The third-order valence-electron chi connectivity index (χ3n) is 4.15. The maximum atomic E-state index is 14.3. The fourth-order valence-electron chi connectivity index (χ4n) is 2.92. The predicted molar refractivity (Wildman–Crippen MR) is 90.7 cm³/mol. The number of halogens is 3. The molecule has 1 aliphatic rings. The molecule has 0 saturated carbocycles. The molecule has 130 valence electrons. The highest BCUT2D eigenvalue weighted by molar-refractivity contribution is 6.29. The molecular weight excluding hydrogens is 350 g/mol. The van der Waals surface area contributed by atoms with Crippen molar-refractivity contribution in [2.24, 2.45) is 0 Å². The molecule has 1 unspecified atom stereocenters. The molecule has 6 nitrogen and oxygen atoms in total. The van der Waals surface area contributed by atoms with Crippen molar-refractivity contribution in [2.45, 2.75) is 18.9 Å². The first-order valence-corrected chi connectivity index (χ1v) is 8.33. The van der Waals surface area contributed by atoms with E-state index < -0.39 is 11.6 Å². The van der Waals surface area contributed by atoms with Gasteiger partial charge < -0.3 is 10.6 Å². The number of imidazole rings is 1. The van der Waals surface area contributed by atoms with Gasteiger partial charge in [-0.1, -0.05) is 11.6 Å². The van der Waals surface area contributed by atoms with Gasteiger partial charge in [-0.05, 0) is 31.5 Å². The zero-order chi connectivity index (χ0) is 17.4. The summed E-state index contributed by atoms with van der Waals surface area (Å²) in [5.74, 6) is -0.909. The van der Waals surface area contributed by atoms with E-state index >= 15 is 0 Å². The Morgan fingerprint density at radius 1 is 1.28 bits per heavy atom. The average molecular weight is 365 g/mol. The van der Waals surface area contributed by atoms with Crippen molar-refractivity contribution < 1.29 is 8.78 Å². The number of anilines is 1. The lowest BCUT2D eigenvalue weighted by Crippen LogP contribution is -2.38. The second-order valence-corrected chi connectivity index (χ2v) is 6.27. The largest absolute Gasteiger partial charge is 0.363 e. The normalized spacial score (nSPS) is 17.8. The van der Waals surface area contributed by atoms with Gasteiger partial charge in [-0.15, -0.1) is 0 Å². The highest BCUT2D eigenvalue weighted by atomic mass is 35.5. The maximum absolute atomic E-state index is 14.3. The zero-order valence-corrected chi connectivity index (χ0v) is 13.9. The van der Waals surface area contributed by atoms with Gasteiger partial charge in [0.15, 0.2) is 16.8 Å². The molecule has 3 aromatic rings. The molecule has 4 rings (SSSR count). The first-order valence-electron chi connectivity index (χ1n) is 7.95. The SMILES string of the molecule is Fc1ccc2ncc(-c3nc(Cl)c(F)c(NC4CCCNC4)n3)n2c1. The minimum atomic E-state index is -0.698. The summed E-state index contributed by atoms with van der Waals surface area (Å²) in [6.07, 6.45) is 4.68. The topological polar surface area (TPSA) is 67.1 Å². The molecule has 1 saturated heterocycles. The standard InChI is InChI=1S/C16H15ClF2N6/c17-14-13(19)16(22-10-2-1-5-20-6-10)24-15(23-14)11-7-21-12-4-3-9(18)8-25(11)12/h3-4,7-8,10,20H,1-2,5-6H2,(H,22,23,24). The predicted octanol–water partition coefficient (Wildman–Crippen LogP) is 2.89. The molecule has 0 aliphatic carbocycles. The van der Waals surface area contributed by atoms with E-state index in [1.54, 1.807) is 0 Å². The van der Waals surface area contributed by atoms with E-state index in [4.69, 9.17) is 11.6 Å². The molecular formula is C16H15ClF2N6. The van der Waals surface area contributed by atoms with Crippen molar-refractivity contribution in [3.8, 4) is 11.5 Å². The van der Waals surface area contributed by atoms with E-state index in [-0.39, 0.29) is 22.8 Å². The molecule has 0 radical (unpaired) electrons. The number of rotatable bonds is 3. The van der Waals surface area contributed by atoms with Crippen LogP contribution in [-0.4, -0.2) is 38.5 Å². The van der Waals surface area contributed by atoms with Gasteiger partial charge in [0.25, 0.3) is 0 Å². The Morgan fingerprint density at radius 3 is 2.96 bits per heavy atom. The lowest BCUT2D eigenvalue weighted by atomic mass is 10.1. The van der Waals surface area contributed by atoms with Crippen LogP contribution in [0.4, 0.5) is 14.6 Å². The zero-order valence-electron chi connectivity index (χ0n) is 13.1. The Bertz CT molecular complexity index is 922. The summed E-state index contributed by atoms with van der Waals surface area (Å²) in [5.41, 5.74) is 0.965. The van der Waals surface area contributed by atoms with Crippen molar-refractivity contribution in [3.05, 3.63) is 41.3 Å². The van der Waals surface area contributed by atoms with Crippen LogP contribution in [0.3, 0.4) is 0 Å². The number of pyridine rings is 1. The minimum absolute atomic E-state index is 0.0371. The highest BCUT2D eigenvalue weighted by Gasteiger charge is 2.20. The summed E-state index contributed by atoms with van der Waals surface area (Å²) in [4.78, 5) is 12.4. The Hall–Kier alpha value is -2.32. The smallest absolute Gasteiger partial charge is 0.202 e. The van der Waals surface area contributed by atoms with Crippen LogP contribution in [0.25, 0.3) is 17.2 Å². The van der Waals surface area contributed by atoms with Gasteiger partial charge in [0, 0.05) is 18.8 Å². The second kappa shape index (κ2) is 6.53. The van der Waals surface area contributed by atoms with Gasteiger partial charge in [-0.25, -0.2) is 19.3 Å². The number of fused-ring (bicyclic) bond motifs is 1. The Labute approximate surface area is 147 Å². The fourth-order valence-corrected chi connectivity index (χ4v) is 3.09. The molecule has 25 heavy (non-hydrogen) atoms. The molecule has 4 heterocycles. The maximum Gasteiger partial charge on any atom is 0.202 e. The lowest BCUT2D eigenvalue weighted by molar-refractivity contribution is 0.476. The molecule has 1 atom stereocenters.